The smallest absolute Gasteiger partial charge is 0.0447 e. The van der Waals surface area contributed by atoms with E-state index in [4.69, 9.17) is 0 Å². The molecule has 2 nitrogen and oxygen atoms in total. The normalized spacial score (nSPS) is 29.1. The lowest BCUT2D eigenvalue weighted by Crippen LogP contribution is -2.16. The summed E-state index contributed by atoms with van der Waals surface area (Å²) in [6, 6.07) is 6.79. The molecule has 0 bridgehead atoms. The summed E-state index contributed by atoms with van der Waals surface area (Å²) >= 11 is 0. The minimum atomic E-state index is 0.626. The second-order valence-corrected chi connectivity index (χ2v) is 3.50. The van der Waals surface area contributed by atoms with Crippen LogP contribution in [-0.4, -0.2) is 17.6 Å². The maximum absolute atomic E-state index is 4.36. The van der Waals surface area contributed by atoms with E-state index in [9.17, 15) is 0 Å². The Bertz CT molecular complexity index is 245. The van der Waals surface area contributed by atoms with Crippen molar-refractivity contribution in [3.63, 3.8) is 0 Å². The van der Waals surface area contributed by atoms with Crippen molar-refractivity contribution in [2.45, 2.75) is 25.3 Å². The highest BCUT2D eigenvalue weighted by Gasteiger charge is 2.22. The van der Waals surface area contributed by atoms with Crippen molar-refractivity contribution in [2.24, 2.45) is 0 Å². The Hall–Kier alpha value is -0.890. The molecule has 2 heteroatoms. The third-order valence-corrected chi connectivity index (χ3v) is 2.46. The topological polar surface area (TPSA) is 24.9 Å². The number of pyridine rings is 1. The van der Waals surface area contributed by atoms with Gasteiger partial charge in [-0.2, -0.15) is 0 Å². The zero-order valence-corrected chi connectivity index (χ0v) is 7.33. The molecular formula is C10H14N2. The fraction of sp³-hybridized carbons (Fsp3) is 0.500. The highest BCUT2D eigenvalue weighted by atomic mass is 14.9. The molecule has 0 aliphatic carbocycles. The monoisotopic (exact) mass is 162 g/mol. The van der Waals surface area contributed by atoms with E-state index in [0.29, 0.717) is 12.0 Å². The van der Waals surface area contributed by atoms with Gasteiger partial charge in [-0.3, -0.25) is 4.98 Å². The minimum Gasteiger partial charge on any atom is -0.314 e. The average Bonchev–Trinajstić information content (AvgIpc) is 2.54. The Morgan fingerprint density at radius 3 is 3.00 bits per heavy atom. The van der Waals surface area contributed by atoms with Gasteiger partial charge in [0, 0.05) is 30.4 Å². The van der Waals surface area contributed by atoms with Gasteiger partial charge in [-0.05, 0) is 25.5 Å². The van der Waals surface area contributed by atoms with Crippen LogP contribution in [0.4, 0.5) is 0 Å². The second-order valence-electron chi connectivity index (χ2n) is 3.50. The first-order valence-corrected chi connectivity index (χ1v) is 4.50. The fourth-order valence-electron chi connectivity index (χ4n) is 1.78. The first kappa shape index (κ1) is 7.74. The van der Waals surface area contributed by atoms with Gasteiger partial charge in [0.05, 0.1) is 0 Å². The van der Waals surface area contributed by atoms with Gasteiger partial charge in [0.2, 0.25) is 0 Å². The summed E-state index contributed by atoms with van der Waals surface area (Å²) in [5.41, 5.74) is 1.23. The number of hydrogen-bond donors (Lipinski definition) is 1. The van der Waals surface area contributed by atoms with Crippen molar-refractivity contribution < 1.29 is 0 Å². The molecule has 0 radical (unpaired) electrons. The van der Waals surface area contributed by atoms with Crippen LogP contribution in [0.5, 0.6) is 0 Å². The van der Waals surface area contributed by atoms with Crippen LogP contribution >= 0.6 is 0 Å². The highest BCUT2D eigenvalue weighted by molar-refractivity contribution is 5.12. The zero-order chi connectivity index (χ0) is 8.39. The Kier molecular flexibility index (Phi) is 2.09. The lowest BCUT2D eigenvalue weighted by Gasteiger charge is -2.05. The van der Waals surface area contributed by atoms with Gasteiger partial charge in [-0.1, -0.05) is 6.07 Å². The highest BCUT2D eigenvalue weighted by Crippen LogP contribution is 2.23. The summed E-state index contributed by atoms with van der Waals surface area (Å²) in [7, 11) is 0. The molecule has 1 aliphatic heterocycles. The predicted octanol–water partition coefficient (Wildman–Crippen LogP) is 1.55. The molecule has 1 N–H and O–H groups in total. The molecule has 64 valence electrons. The Morgan fingerprint density at radius 1 is 1.50 bits per heavy atom. The van der Waals surface area contributed by atoms with Crippen molar-refractivity contribution in [1.82, 2.24) is 10.3 Å². The van der Waals surface area contributed by atoms with Gasteiger partial charge in [-0.15, -0.1) is 0 Å². The number of aromatic nitrogens is 1. The van der Waals surface area contributed by atoms with Crippen molar-refractivity contribution in [3.05, 3.63) is 30.1 Å². The molecule has 2 unspecified atom stereocenters. The van der Waals surface area contributed by atoms with E-state index in [1.54, 1.807) is 0 Å². The quantitative estimate of drug-likeness (QED) is 0.677. The summed E-state index contributed by atoms with van der Waals surface area (Å²) in [6.45, 7) is 3.31. The molecule has 0 saturated carbocycles. The molecule has 2 heterocycles. The van der Waals surface area contributed by atoms with Crippen molar-refractivity contribution in [2.75, 3.05) is 6.54 Å². The largest absolute Gasteiger partial charge is 0.314 e. The van der Waals surface area contributed by atoms with E-state index in [2.05, 4.69) is 29.4 Å². The number of hydrogen-bond acceptors (Lipinski definition) is 2. The van der Waals surface area contributed by atoms with Crippen LogP contribution in [-0.2, 0) is 0 Å². The van der Waals surface area contributed by atoms with Crippen LogP contribution < -0.4 is 5.32 Å². The van der Waals surface area contributed by atoms with E-state index in [-0.39, 0.29) is 0 Å². The fourth-order valence-corrected chi connectivity index (χ4v) is 1.78. The summed E-state index contributed by atoms with van der Waals surface area (Å²) in [4.78, 5) is 4.36. The van der Waals surface area contributed by atoms with E-state index in [0.717, 1.165) is 6.54 Å². The van der Waals surface area contributed by atoms with E-state index >= 15 is 0 Å². The molecule has 2 rings (SSSR count). The molecular weight excluding hydrogens is 148 g/mol. The molecule has 0 spiro atoms. The first-order chi connectivity index (χ1) is 5.86. The molecule has 1 aliphatic rings. The van der Waals surface area contributed by atoms with Crippen LogP contribution in [0, 0.1) is 0 Å². The van der Waals surface area contributed by atoms with Crippen molar-refractivity contribution >= 4 is 0 Å². The molecule has 0 aromatic carbocycles. The molecule has 1 aromatic heterocycles. The van der Waals surface area contributed by atoms with Crippen LogP contribution in [0.3, 0.4) is 0 Å². The minimum absolute atomic E-state index is 0.626. The van der Waals surface area contributed by atoms with Gasteiger partial charge in [-0.25, -0.2) is 0 Å². The molecule has 1 aromatic rings. The van der Waals surface area contributed by atoms with Crippen LogP contribution in [0.25, 0.3) is 0 Å². The van der Waals surface area contributed by atoms with Gasteiger partial charge < -0.3 is 5.32 Å². The molecule has 2 atom stereocenters. The lowest BCUT2D eigenvalue weighted by molar-refractivity contribution is 0.656. The zero-order valence-electron chi connectivity index (χ0n) is 7.33. The number of nitrogens with zero attached hydrogens (tertiary/aromatic N) is 1. The van der Waals surface area contributed by atoms with Crippen LogP contribution in [0.2, 0.25) is 0 Å². The summed E-state index contributed by atoms with van der Waals surface area (Å²) in [5.74, 6) is 0.626. The SMILES string of the molecule is CC1CC(c2ccccn2)CN1. The molecule has 1 saturated heterocycles. The maximum atomic E-state index is 4.36. The Labute approximate surface area is 73.0 Å². The third kappa shape index (κ3) is 1.48. The van der Waals surface area contributed by atoms with E-state index in [1.807, 2.05) is 12.3 Å². The molecule has 0 amide bonds. The standard InChI is InChI=1S/C10H14N2/c1-8-6-9(7-12-8)10-4-2-3-5-11-10/h2-5,8-9,12H,6-7H2,1H3. The first-order valence-electron chi connectivity index (χ1n) is 4.50. The van der Waals surface area contributed by atoms with E-state index < -0.39 is 0 Å². The summed E-state index contributed by atoms with van der Waals surface area (Å²) < 4.78 is 0. The molecule has 12 heavy (non-hydrogen) atoms. The van der Waals surface area contributed by atoms with E-state index in [1.165, 1.54) is 12.1 Å². The van der Waals surface area contributed by atoms with Gasteiger partial charge in [0.25, 0.3) is 0 Å². The Morgan fingerprint density at radius 2 is 2.42 bits per heavy atom. The predicted molar refractivity (Wildman–Crippen MR) is 49.1 cm³/mol. The summed E-state index contributed by atoms with van der Waals surface area (Å²) in [5, 5.41) is 3.43. The number of nitrogens with one attached hydrogen (secondary N) is 1. The second kappa shape index (κ2) is 3.23. The van der Waals surface area contributed by atoms with Gasteiger partial charge >= 0.3 is 0 Å². The summed E-state index contributed by atoms with van der Waals surface area (Å²) in [6.07, 6.45) is 3.09. The van der Waals surface area contributed by atoms with Gasteiger partial charge in [0.1, 0.15) is 0 Å². The van der Waals surface area contributed by atoms with Crippen LogP contribution in [0.1, 0.15) is 25.0 Å². The number of rotatable bonds is 1. The van der Waals surface area contributed by atoms with Crippen molar-refractivity contribution in [3.8, 4) is 0 Å². The van der Waals surface area contributed by atoms with Crippen molar-refractivity contribution in [1.29, 1.82) is 0 Å². The molecule has 1 fully saturated rings. The Balaban J connectivity index is 2.11. The van der Waals surface area contributed by atoms with Crippen LogP contribution in [0.15, 0.2) is 24.4 Å². The van der Waals surface area contributed by atoms with Gasteiger partial charge in [0.15, 0.2) is 0 Å². The third-order valence-electron chi connectivity index (χ3n) is 2.46. The lowest BCUT2D eigenvalue weighted by atomic mass is 10.0. The average molecular weight is 162 g/mol. The maximum Gasteiger partial charge on any atom is 0.0447 e.